The number of allylic oxidation sites excluding steroid dienone is 2. The maximum atomic E-state index is 4.82. The SMILES string of the molecule is C=C(C1=CC2(C)C3(N(C4CCCCC4)C(C(C)C)=[N+]3C3CCCCC3)C2(C)[n+]2c1cc(C)c1c(C)cccc12)C(C)(C)C. The normalized spacial score (nSPS) is 31.3. The number of rotatable bonds is 4. The van der Waals surface area contributed by atoms with Crippen LogP contribution in [0.15, 0.2) is 42.5 Å². The summed E-state index contributed by atoms with van der Waals surface area (Å²) >= 11 is 0. The van der Waals surface area contributed by atoms with E-state index in [0.717, 1.165) is 0 Å². The number of nitrogens with zero attached hydrogens (tertiary/aromatic N) is 3. The standard InChI is InChI=1S/C40H57N3/c1-26(2)36-41(30-19-13-11-14-20-30)40(42(36)31-21-15-12-16-22-31)38(9)25-32(29(5)37(6,7)8)34-24-28(4)35-27(3)18-17-23-33(35)43(34)39(38,40)10/h17-18,23-26,30-31H,5,11-16,19-22H2,1-4,6-10H3/q+2. The summed E-state index contributed by atoms with van der Waals surface area (Å²) in [4.78, 5) is 3.06. The molecule has 1 aromatic heterocycles. The Bertz CT molecular complexity index is 1570. The zero-order valence-corrected chi connectivity index (χ0v) is 28.7. The van der Waals surface area contributed by atoms with Gasteiger partial charge in [-0.25, -0.2) is 9.48 Å². The van der Waals surface area contributed by atoms with E-state index < -0.39 is 0 Å². The van der Waals surface area contributed by atoms with Crippen LogP contribution in [-0.2, 0) is 5.54 Å². The molecule has 3 nitrogen and oxygen atoms in total. The first kappa shape index (κ1) is 29.3. The maximum Gasteiger partial charge on any atom is 0.326 e. The molecule has 3 heteroatoms. The molecule has 3 atom stereocenters. The molecule has 5 aliphatic rings. The zero-order valence-electron chi connectivity index (χ0n) is 28.7. The Morgan fingerprint density at radius 2 is 1.56 bits per heavy atom. The molecule has 3 fully saturated rings. The maximum absolute atomic E-state index is 4.82. The molecule has 3 aliphatic carbocycles. The molecule has 0 N–H and O–H groups in total. The molecule has 0 saturated heterocycles. The third-order valence-electron chi connectivity index (χ3n) is 12.8. The number of aromatic nitrogens is 1. The number of fused-ring (bicyclic) bond motifs is 7. The predicted molar refractivity (Wildman–Crippen MR) is 180 cm³/mol. The van der Waals surface area contributed by atoms with E-state index in [-0.39, 0.29) is 22.0 Å². The fraction of sp³-hybridized carbons (Fsp3) is 0.650. The molecule has 3 saturated carbocycles. The van der Waals surface area contributed by atoms with Gasteiger partial charge in [-0.2, -0.15) is 4.57 Å². The lowest BCUT2D eigenvalue weighted by Crippen LogP contribution is -2.76. The largest absolute Gasteiger partial charge is 0.326 e. The minimum absolute atomic E-state index is 0.00771. The average molecular weight is 580 g/mol. The molecule has 1 spiro atoms. The number of benzene rings is 1. The van der Waals surface area contributed by atoms with Crippen molar-refractivity contribution in [3.63, 3.8) is 0 Å². The van der Waals surface area contributed by atoms with Gasteiger partial charge in [0, 0.05) is 24.6 Å². The molecule has 230 valence electrons. The zero-order chi connectivity index (χ0) is 30.7. The van der Waals surface area contributed by atoms with Crippen LogP contribution in [0.2, 0.25) is 0 Å². The van der Waals surface area contributed by atoms with Gasteiger partial charge in [0.25, 0.3) is 11.4 Å². The number of pyridine rings is 1. The second kappa shape index (κ2) is 9.54. The number of hydrogen-bond donors (Lipinski definition) is 0. The van der Waals surface area contributed by atoms with Crippen molar-refractivity contribution in [3.05, 3.63) is 59.3 Å². The molecule has 0 amide bonds. The van der Waals surface area contributed by atoms with Crippen molar-refractivity contribution in [1.29, 1.82) is 0 Å². The summed E-state index contributed by atoms with van der Waals surface area (Å²) in [6.07, 6.45) is 16.3. The van der Waals surface area contributed by atoms with E-state index in [0.29, 0.717) is 18.0 Å². The first-order valence-corrected chi connectivity index (χ1v) is 17.7. The molecule has 7 rings (SSSR count). The quantitative estimate of drug-likeness (QED) is 0.328. The van der Waals surface area contributed by atoms with Gasteiger partial charge in [-0.1, -0.05) is 66.2 Å². The van der Waals surface area contributed by atoms with Gasteiger partial charge in [0.2, 0.25) is 11.2 Å². The molecule has 3 unspecified atom stereocenters. The Labute approximate surface area is 261 Å². The van der Waals surface area contributed by atoms with Crippen LogP contribution >= 0.6 is 0 Å². The minimum atomic E-state index is -0.0932. The Morgan fingerprint density at radius 1 is 0.930 bits per heavy atom. The topological polar surface area (TPSA) is 10.1 Å². The second-order valence-corrected chi connectivity index (χ2v) is 16.6. The summed E-state index contributed by atoms with van der Waals surface area (Å²) in [6.45, 7) is 26.7. The van der Waals surface area contributed by atoms with E-state index in [1.165, 1.54) is 103 Å². The lowest BCUT2D eigenvalue weighted by atomic mass is 9.78. The van der Waals surface area contributed by atoms with Crippen LogP contribution in [-0.4, -0.2) is 33.1 Å². The highest BCUT2D eigenvalue weighted by Gasteiger charge is 3.05. The van der Waals surface area contributed by atoms with Crippen LogP contribution < -0.4 is 4.57 Å². The van der Waals surface area contributed by atoms with Crippen LogP contribution in [0.4, 0.5) is 0 Å². The van der Waals surface area contributed by atoms with Gasteiger partial charge < -0.3 is 0 Å². The lowest BCUT2D eigenvalue weighted by Gasteiger charge is -2.49. The Hall–Kier alpha value is -2.42. The van der Waals surface area contributed by atoms with Gasteiger partial charge in [0.15, 0.2) is 5.41 Å². The first-order valence-electron chi connectivity index (χ1n) is 17.7. The van der Waals surface area contributed by atoms with Gasteiger partial charge in [0.05, 0.1) is 11.3 Å². The van der Waals surface area contributed by atoms with Crippen LogP contribution in [0.3, 0.4) is 0 Å². The summed E-state index contributed by atoms with van der Waals surface area (Å²) in [7, 11) is 0. The highest BCUT2D eigenvalue weighted by Crippen LogP contribution is 2.77. The Kier molecular flexibility index (Phi) is 6.50. The van der Waals surface area contributed by atoms with E-state index in [1.54, 1.807) is 5.84 Å². The Balaban J connectivity index is 1.58. The summed E-state index contributed by atoms with van der Waals surface area (Å²) in [5.41, 5.74) is 7.97. The molecule has 2 aromatic rings. The summed E-state index contributed by atoms with van der Waals surface area (Å²) in [5, 5.41) is 1.43. The van der Waals surface area contributed by atoms with Crippen molar-refractivity contribution >= 4 is 22.3 Å². The number of hydrogen-bond acceptors (Lipinski definition) is 1. The molecular weight excluding hydrogens is 522 g/mol. The molecule has 2 aliphatic heterocycles. The van der Waals surface area contributed by atoms with Crippen molar-refractivity contribution in [2.75, 3.05) is 0 Å². The van der Waals surface area contributed by atoms with Crippen LogP contribution in [0.1, 0.15) is 129 Å². The number of aryl methyl sites for hydroxylation is 2. The van der Waals surface area contributed by atoms with E-state index in [9.17, 15) is 0 Å². The third-order valence-corrected chi connectivity index (χ3v) is 12.8. The summed E-state index contributed by atoms with van der Waals surface area (Å²) in [6, 6.07) is 10.8. The third kappa shape index (κ3) is 3.54. The highest BCUT2D eigenvalue weighted by molar-refractivity contribution is 5.90. The minimum Gasteiger partial charge on any atom is -0.213 e. The van der Waals surface area contributed by atoms with Gasteiger partial charge in [0.1, 0.15) is 12.1 Å². The van der Waals surface area contributed by atoms with Crippen LogP contribution in [0.25, 0.3) is 16.5 Å². The fourth-order valence-electron chi connectivity index (χ4n) is 10.6. The van der Waals surface area contributed by atoms with Crippen LogP contribution in [0, 0.1) is 30.6 Å². The van der Waals surface area contributed by atoms with E-state index in [2.05, 4.69) is 107 Å². The smallest absolute Gasteiger partial charge is 0.213 e. The van der Waals surface area contributed by atoms with Crippen molar-refractivity contribution in [2.45, 2.75) is 150 Å². The van der Waals surface area contributed by atoms with Crippen LogP contribution in [0.5, 0.6) is 0 Å². The molecule has 1 aromatic carbocycles. The van der Waals surface area contributed by atoms with Crippen molar-refractivity contribution in [3.8, 4) is 0 Å². The molecule has 43 heavy (non-hydrogen) atoms. The van der Waals surface area contributed by atoms with Crippen molar-refractivity contribution < 1.29 is 9.14 Å². The molecular formula is C40H57N3+2. The summed E-state index contributed by atoms with van der Waals surface area (Å²) < 4.78 is 5.90. The van der Waals surface area contributed by atoms with E-state index in [4.69, 9.17) is 6.58 Å². The van der Waals surface area contributed by atoms with Gasteiger partial charge in [-0.15, -0.1) is 0 Å². The summed E-state index contributed by atoms with van der Waals surface area (Å²) in [5.74, 6) is 2.17. The average Bonchev–Trinajstić information content (AvgIpc) is 3.43. The van der Waals surface area contributed by atoms with Gasteiger partial charge in [-0.3, -0.25) is 0 Å². The lowest BCUT2D eigenvalue weighted by molar-refractivity contribution is -0.778. The van der Waals surface area contributed by atoms with Crippen molar-refractivity contribution in [2.24, 2.45) is 16.7 Å². The monoisotopic (exact) mass is 579 g/mol. The molecule has 0 radical (unpaired) electrons. The number of amidine groups is 1. The molecule has 3 heterocycles. The van der Waals surface area contributed by atoms with E-state index >= 15 is 0 Å². The van der Waals surface area contributed by atoms with Gasteiger partial charge >= 0.3 is 5.66 Å². The fourth-order valence-corrected chi connectivity index (χ4v) is 10.6. The second-order valence-electron chi connectivity index (χ2n) is 16.6. The molecule has 0 bridgehead atoms. The predicted octanol–water partition coefficient (Wildman–Crippen LogP) is 9.22. The van der Waals surface area contributed by atoms with E-state index in [1.807, 2.05) is 0 Å². The Morgan fingerprint density at radius 3 is 2.16 bits per heavy atom. The highest BCUT2D eigenvalue weighted by atomic mass is 15.6. The van der Waals surface area contributed by atoms with Crippen molar-refractivity contribution in [1.82, 2.24) is 4.90 Å². The first-order chi connectivity index (χ1) is 20.3. The van der Waals surface area contributed by atoms with Gasteiger partial charge in [-0.05, 0) is 100 Å².